The number of benzene rings is 2. The number of hydrogen-bond acceptors (Lipinski definition) is 3. The molecule has 4 nitrogen and oxygen atoms in total. The molecule has 1 N–H and O–H groups in total. The molecule has 0 unspecified atom stereocenters. The van der Waals surface area contributed by atoms with Crippen molar-refractivity contribution in [3.05, 3.63) is 42.0 Å². The van der Waals surface area contributed by atoms with E-state index in [0.717, 1.165) is 34.9 Å². The Labute approximate surface area is 148 Å². The fraction of sp³-hybridized carbons (Fsp3) is 0.381. The van der Waals surface area contributed by atoms with Crippen molar-refractivity contribution in [2.24, 2.45) is 0 Å². The molecule has 0 spiro atoms. The second-order valence-corrected chi connectivity index (χ2v) is 7.44. The number of methoxy groups -OCH3 is 1. The second kappa shape index (κ2) is 6.33. The van der Waals surface area contributed by atoms with Crippen molar-refractivity contribution in [2.45, 2.75) is 44.8 Å². The highest BCUT2D eigenvalue weighted by molar-refractivity contribution is 5.85. The lowest BCUT2D eigenvalue weighted by molar-refractivity contribution is 0.105. The van der Waals surface area contributed by atoms with Crippen molar-refractivity contribution in [1.29, 1.82) is 0 Å². The highest BCUT2D eigenvalue weighted by Crippen LogP contribution is 2.39. The fourth-order valence-electron chi connectivity index (χ4n) is 2.49. The SMILES string of the molecule is COc1ccc2cc(C#CC3(OC(=O)NC(C)(C)C)CC3)ccc2c1. The Kier molecular flexibility index (Phi) is 4.34. The first-order chi connectivity index (χ1) is 11.8. The number of carbonyl (C=O) groups excluding carboxylic acids is 1. The molecule has 0 atom stereocenters. The number of hydrogen-bond donors (Lipinski definition) is 1. The van der Waals surface area contributed by atoms with Gasteiger partial charge in [0, 0.05) is 23.9 Å². The van der Waals surface area contributed by atoms with Gasteiger partial charge in [-0.1, -0.05) is 18.1 Å². The molecule has 0 radical (unpaired) electrons. The molecule has 130 valence electrons. The molecule has 0 aromatic heterocycles. The van der Waals surface area contributed by atoms with Crippen LogP contribution < -0.4 is 10.1 Å². The van der Waals surface area contributed by atoms with E-state index in [1.165, 1.54) is 0 Å². The van der Waals surface area contributed by atoms with Gasteiger partial charge in [-0.05, 0) is 61.7 Å². The van der Waals surface area contributed by atoms with E-state index in [1.54, 1.807) is 7.11 Å². The zero-order valence-corrected chi connectivity index (χ0v) is 15.1. The van der Waals surface area contributed by atoms with Gasteiger partial charge in [0.25, 0.3) is 0 Å². The van der Waals surface area contributed by atoms with Crippen LogP contribution in [0.5, 0.6) is 5.75 Å². The Bertz CT molecular complexity index is 864. The zero-order chi connectivity index (χ0) is 18.1. The molecule has 0 saturated heterocycles. The summed E-state index contributed by atoms with van der Waals surface area (Å²) in [6, 6.07) is 12.0. The second-order valence-electron chi connectivity index (χ2n) is 7.44. The van der Waals surface area contributed by atoms with Crippen LogP contribution in [0.1, 0.15) is 39.2 Å². The van der Waals surface area contributed by atoms with Gasteiger partial charge < -0.3 is 14.8 Å². The predicted octanol–water partition coefficient (Wildman–Crippen LogP) is 4.26. The van der Waals surface area contributed by atoms with E-state index in [0.29, 0.717) is 0 Å². The lowest BCUT2D eigenvalue weighted by Gasteiger charge is -2.21. The maximum atomic E-state index is 11.9. The maximum absolute atomic E-state index is 11.9. The molecule has 2 aromatic carbocycles. The lowest BCUT2D eigenvalue weighted by atomic mass is 10.1. The number of amides is 1. The summed E-state index contributed by atoms with van der Waals surface area (Å²) in [6.07, 6.45) is 1.15. The summed E-state index contributed by atoms with van der Waals surface area (Å²) in [5.74, 6) is 7.12. The summed E-state index contributed by atoms with van der Waals surface area (Å²) in [5, 5.41) is 5.01. The molecular formula is C21H23NO3. The molecule has 1 fully saturated rings. The van der Waals surface area contributed by atoms with Gasteiger partial charge in [-0.2, -0.15) is 0 Å². The maximum Gasteiger partial charge on any atom is 0.409 e. The first-order valence-corrected chi connectivity index (χ1v) is 8.41. The molecule has 0 heterocycles. The van der Waals surface area contributed by atoms with E-state index in [4.69, 9.17) is 9.47 Å². The molecule has 1 saturated carbocycles. The lowest BCUT2D eigenvalue weighted by Crippen LogP contribution is -2.42. The summed E-state index contributed by atoms with van der Waals surface area (Å²) in [6.45, 7) is 5.76. The summed E-state index contributed by atoms with van der Waals surface area (Å²) < 4.78 is 10.8. The number of fused-ring (bicyclic) bond motifs is 1. The topological polar surface area (TPSA) is 47.6 Å². The average molecular weight is 337 g/mol. The first-order valence-electron chi connectivity index (χ1n) is 8.41. The fourth-order valence-corrected chi connectivity index (χ4v) is 2.49. The smallest absolute Gasteiger partial charge is 0.409 e. The number of carbonyl (C=O) groups is 1. The van der Waals surface area contributed by atoms with Crippen LogP contribution in [0.2, 0.25) is 0 Å². The molecule has 1 amide bonds. The van der Waals surface area contributed by atoms with Crippen molar-refractivity contribution in [3.8, 4) is 17.6 Å². The standard InChI is InChI=1S/C21H23NO3/c1-20(2,3)22-19(23)25-21(11-12-21)10-9-15-5-6-17-14-18(24-4)8-7-16(17)13-15/h5-8,13-14H,11-12H2,1-4H3,(H,22,23). The van der Waals surface area contributed by atoms with Crippen molar-refractivity contribution in [1.82, 2.24) is 5.32 Å². The van der Waals surface area contributed by atoms with E-state index < -0.39 is 11.7 Å². The van der Waals surface area contributed by atoms with Crippen LogP contribution in [0.25, 0.3) is 10.8 Å². The third kappa shape index (κ3) is 4.45. The van der Waals surface area contributed by atoms with Gasteiger partial charge in [-0.3, -0.25) is 0 Å². The Morgan fingerprint density at radius 1 is 1.12 bits per heavy atom. The third-order valence-electron chi connectivity index (χ3n) is 3.95. The third-order valence-corrected chi connectivity index (χ3v) is 3.95. The minimum Gasteiger partial charge on any atom is -0.497 e. The average Bonchev–Trinajstić information content (AvgIpc) is 3.30. The van der Waals surface area contributed by atoms with E-state index in [-0.39, 0.29) is 5.54 Å². The predicted molar refractivity (Wildman–Crippen MR) is 98.7 cm³/mol. The molecule has 0 bridgehead atoms. The molecular weight excluding hydrogens is 314 g/mol. The van der Waals surface area contributed by atoms with E-state index in [2.05, 4.69) is 17.2 Å². The molecule has 25 heavy (non-hydrogen) atoms. The molecule has 0 aliphatic heterocycles. The Morgan fingerprint density at radius 3 is 2.44 bits per heavy atom. The van der Waals surface area contributed by atoms with E-state index in [9.17, 15) is 4.79 Å². The van der Waals surface area contributed by atoms with Crippen molar-refractivity contribution >= 4 is 16.9 Å². The summed E-state index contributed by atoms with van der Waals surface area (Å²) in [7, 11) is 1.66. The normalized spacial score (nSPS) is 15.0. The minimum atomic E-state index is -0.635. The van der Waals surface area contributed by atoms with Crippen LogP contribution >= 0.6 is 0 Å². The van der Waals surface area contributed by atoms with Gasteiger partial charge in [0.15, 0.2) is 5.60 Å². The number of ether oxygens (including phenoxy) is 2. The summed E-state index contributed by atoms with van der Waals surface area (Å²) >= 11 is 0. The number of alkyl carbamates (subject to hydrolysis) is 1. The van der Waals surface area contributed by atoms with Gasteiger partial charge in [0.2, 0.25) is 0 Å². The van der Waals surface area contributed by atoms with Crippen LogP contribution in [-0.2, 0) is 4.74 Å². The van der Waals surface area contributed by atoms with E-state index in [1.807, 2.05) is 57.2 Å². The quantitative estimate of drug-likeness (QED) is 0.833. The molecule has 3 rings (SSSR count). The highest BCUT2D eigenvalue weighted by Gasteiger charge is 2.46. The molecule has 2 aromatic rings. The Balaban J connectivity index is 1.74. The van der Waals surface area contributed by atoms with Gasteiger partial charge >= 0.3 is 6.09 Å². The zero-order valence-electron chi connectivity index (χ0n) is 15.1. The summed E-state index contributed by atoms with van der Waals surface area (Å²) in [4.78, 5) is 11.9. The minimum absolute atomic E-state index is 0.319. The Hall–Kier alpha value is -2.67. The molecule has 4 heteroatoms. The number of nitrogens with one attached hydrogen (secondary N) is 1. The largest absolute Gasteiger partial charge is 0.497 e. The highest BCUT2D eigenvalue weighted by atomic mass is 16.6. The van der Waals surface area contributed by atoms with Crippen molar-refractivity contribution in [2.75, 3.05) is 7.11 Å². The van der Waals surface area contributed by atoms with Crippen LogP contribution in [-0.4, -0.2) is 24.3 Å². The summed E-state index contributed by atoms with van der Waals surface area (Å²) in [5.41, 5.74) is -0.0479. The van der Waals surface area contributed by atoms with E-state index >= 15 is 0 Å². The van der Waals surface area contributed by atoms with Crippen LogP contribution in [0.3, 0.4) is 0 Å². The van der Waals surface area contributed by atoms with Gasteiger partial charge in [-0.25, -0.2) is 4.79 Å². The van der Waals surface area contributed by atoms with Gasteiger partial charge in [-0.15, -0.1) is 0 Å². The van der Waals surface area contributed by atoms with Crippen molar-refractivity contribution in [3.63, 3.8) is 0 Å². The van der Waals surface area contributed by atoms with Crippen LogP contribution in [0.4, 0.5) is 4.79 Å². The van der Waals surface area contributed by atoms with Gasteiger partial charge in [0.1, 0.15) is 5.75 Å². The Morgan fingerprint density at radius 2 is 1.80 bits per heavy atom. The van der Waals surface area contributed by atoms with Crippen molar-refractivity contribution < 1.29 is 14.3 Å². The van der Waals surface area contributed by atoms with Gasteiger partial charge in [0.05, 0.1) is 7.11 Å². The number of rotatable bonds is 2. The molecule has 1 aliphatic carbocycles. The van der Waals surface area contributed by atoms with Crippen LogP contribution in [0.15, 0.2) is 36.4 Å². The molecule has 1 aliphatic rings. The van der Waals surface area contributed by atoms with Crippen LogP contribution in [0, 0.1) is 11.8 Å². The monoisotopic (exact) mass is 337 g/mol. The first kappa shape index (κ1) is 17.2.